The fraction of sp³-hybridized carbons (Fsp3) is 0.300. The lowest BCUT2D eigenvalue weighted by Crippen LogP contribution is -2.36. The number of ketones is 2. The number of para-hydroxylation sites is 1. The van der Waals surface area contributed by atoms with Crippen molar-refractivity contribution in [1.82, 2.24) is 0 Å². The molecule has 1 aliphatic heterocycles. The van der Waals surface area contributed by atoms with Crippen LogP contribution in [0.5, 0.6) is 11.5 Å². The number of anilines is 1. The number of aryl methyl sites for hydroxylation is 1. The highest BCUT2D eigenvalue weighted by Gasteiger charge is 2.44. The summed E-state index contributed by atoms with van der Waals surface area (Å²) in [7, 11) is 0. The number of carbonyl (C=O) groups excluding carboxylic acids is 3. The van der Waals surface area contributed by atoms with E-state index in [9.17, 15) is 29.4 Å². The number of esters is 1. The van der Waals surface area contributed by atoms with E-state index in [0.29, 0.717) is 34.2 Å². The van der Waals surface area contributed by atoms with E-state index in [-0.39, 0.29) is 45.7 Å². The lowest BCUT2D eigenvalue weighted by molar-refractivity contribution is -0.134. The second-order valence-electron chi connectivity index (χ2n) is 14.7. The molecule has 4 aromatic carbocycles. The van der Waals surface area contributed by atoms with E-state index in [4.69, 9.17) is 4.74 Å². The van der Waals surface area contributed by atoms with Crippen LogP contribution in [0.1, 0.15) is 101 Å². The van der Waals surface area contributed by atoms with Crippen molar-refractivity contribution in [3.05, 3.63) is 106 Å². The van der Waals surface area contributed by atoms with Crippen LogP contribution >= 0.6 is 0 Å². The summed E-state index contributed by atoms with van der Waals surface area (Å²) >= 11 is 0. The van der Waals surface area contributed by atoms with E-state index in [1.165, 1.54) is 12.1 Å². The van der Waals surface area contributed by atoms with Crippen molar-refractivity contribution in [2.24, 2.45) is 5.92 Å². The summed E-state index contributed by atoms with van der Waals surface area (Å²) in [6, 6.07) is 16.4. The van der Waals surface area contributed by atoms with Crippen LogP contribution in [0.2, 0.25) is 0 Å². The molecule has 6 rings (SSSR count). The standard InChI is InChI=1S/C40H39NO7/c1-39(2,3)28-16-21(17-29(37(28)45)40(4,5)6)10-15-32(42)48-31-9-7-8-22-13-14-30(41-34(22)31)33-35(43)26-19-23-11-12-24(38(46)47)18-25(23)20-27(26)36(33)44/h7-9,11-14,16-20,30,33,41,45H,10,15H2,1-6H3,(H,46,47). The zero-order chi connectivity index (χ0) is 34.7. The van der Waals surface area contributed by atoms with E-state index in [1.54, 1.807) is 36.4 Å². The number of rotatable bonds is 6. The van der Waals surface area contributed by atoms with E-state index in [1.807, 2.05) is 65.8 Å². The first-order chi connectivity index (χ1) is 22.5. The van der Waals surface area contributed by atoms with Crippen molar-refractivity contribution in [1.29, 1.82) is 0 Å². The molecule has 0 radical (unpaired) electrons. The Morgan fingerprint density at radius 1 is 0.833 bits per heavy atom. The van der Waals surface area contributed by atoms with E-state index in [2.05, 4.69) is 5.32 Å². The van der Waals surface area contributed by atoms with E-state index in [0.717, 1.165) is 22.3 Å². The average molecular weight is 646 g/mol. The van der Waals surface area contributed by atoms with Crippen LogP contribution in [-0.2, 0) is 22.0 Å². The lowest BCUT2D eigenvalue weighted by Gasteiger charge is -2.28. The normalized spacial score (nSPS) is 17.2. The Morgan fingerprint density at radius 2 is 1.46 bits per heavy atom. The van der Waals surface area contributed by atoms with Crippen LogP contribution in [0.25, 0.3) is 16.8 Å². The number of benzene rings is 4. The number of nitrogens with one attached hydrogen (secondary N) is 1. The molecule has 2 aliphatic rings. The number of carboxylic acids is 1. The van der Waals surface area contributed by atoms with Crippen molar-refractivity contribution in [2.75, 3.05) is 5.32 Å². The summed E-state index contributed by atoms with van der Waals surface area (Å²) in [5, 5.41) is 25.0. The predicted molar refractivity (Wildman–Crippen MR) is 185 cm³/mol. The molecule has 8 nitrogen and oxygen atoms in total. The smallest absolute Gasteiger partial charge is 0.335 e. The Balaban J connectivity index is 1.21. The lowest BCUT2D eigenvalue weighted by atomic mass is 9.78. The second kappa shape index (κ2) is 11.8. The number of carbonyl (C=O) groups is 4. The van der Waals surface area contributed by atoms with Crippen molar-refractivity contribution < 1.29 is 34.1 Å². The zero-order valence-electron chi connectivity index (χ0n) is 27.9. The number of hydrogen-bond acceptors (Lipinski definition) is 7. The number of aromatic hydroxyl groups is 1. The second-order valence-corrected chi connectivity index (χ2v) is 14.7. The number of phenols is 1. The Bertz CT molecular complexity index is 2020. The van der Waals surface area contributed by atoms with Gasteiger partial charge in [0.25, 0.3) is 0 Å². The molecule has 2 unspecified atom stereocenters. The summed E-state index contributed by atoms with van der Waals surface area (Å²) in [4.78, 5) is 52.0. The van der Waals surface area contributed by atoms with Gasteiger partial charge in [-0.1, -0.05) is 84.0 Å². The van der Waals surface area contributed by atoms with Crippen LogP contribution in [0.4, 0.5) is 5.69 Å². The molecule has 0 fully saturated rings. The van der Waals surface area contributed by atoms with Gasteiger partial charge in [-0.15, -0.1) is 0 Å². The fourth-order valence-electron chi connectivity index (χ4n) is 6.56. The van der Waals surface area contributed by atoms with Crippen molar-refractivity contribution >= 4 is 46.0 Å². The van der Waals surface area contributed by atoms with Gasteiger partial charge in [-0.05, 0) is 75.0 Å². The van der Waals surface area contributed by atoms with Crippen LogP contribution < -0.4 is 10.1 Å². The highest BCUT2D eigenvalue weighted by Crippen LogP contribution is 2.41. The van der Waals surface area contributed by atoms with Gasteiger partial charge in [-0.3, -0.25) is 14.4 Å². The molecule has 0 saturated heterocycles. The molecule has 1 aliphatic carbocycles. The summed E-state index contributed by atoms with van der Waals surface area (Å²) in [5.41, 5.74) is 3.93. The van der Waals surface area contributed by atoms with Gasteiger partial charge in [-0.25, -0.2) is 4.79 Å². The van der Waals surface area contributed by atoms with Crippen molar-refractivity contribution in [3.63, 3.8) is 0 Å². The maximum Gasteiger partial charge on any atom is 0.335 e. The minimum atomic E-state index is -1.07. The first-order valence-electron chi connectivity index (χ1n) is 16.1. The number of Topliss-reactive ketones (excluding diaryl/α,β-unsaturated/α-hetero) is 2. The van der Waals surface area contributed by atoms with Crippen LogP contribution in [0.3, 0.4) is 0 Å². The highest BCUT2D eigenvalue weighted by molar-refractivity contribution is 6.28. The third-order valence-corrected chi connectivity index (χ3v) is 9.16. The minimum Gasteiger partial charge on any atom is -0.507 e. The molecule has 8 heteroatoms. The summed E-state index contributed by atoms with van der Waals surface area (Å²) in [6.07, 6.45) is 4.10. The highest BCUT2D eigenvalue weighted by atomic mass is 16.5. The molecule has 0 spiro atoms. The number of ether oxygens (including phenoxy) is 1. The molecule has 246 valence electrons. The number of fused-ring (bicyclic) bond motifs is 3. The molecular formula is C40H39NO7. The third kappa shape index (κ3) is 5.99. The molecule has 0 amide bonds. The Kier molecular flexibility index (Phi) is 8.02. The fourth-order valence-corrected chi connectivity index (χ4v) is 6.56. The SMILES string of the molecule is CC(C)(C)c1cc(CCC(=O)Oc2cccc3c2NC(C2C(=O)c4cc5ccc(C(=O)O)cc5cc4C2=O)C=C3)cc(C(C)(C)C)c1O. The third-order valence-electron chi connectivity index (χ3n) is 9.16. The molecule has 0 saturated carbocycles. The summed E-state index contributed by atoms with van der Waals surface area (Å²) in [6.45, 7) is 12.3. The number of hydrogen-bond donors (Lipinski definition) is 3. The van der Waals surface area contributed by atoms with Crippen LogP contribution in [0, 0.1) is 5.92 Å². The van der Waals surface area contributed by atoms with E-state index >= 15 is 0 Å². The zero-order valence-corrected chi connectivity index (χ0v) is 27.9. The first kappa shape index (κ1) is 32.7. The molecule has 48 heavy (non-hydrogen) atoms. The van der Waals surface area contributed by atoms with E-state index < -0.39 is 23.9 Å². The van der Waals surface area contributed by atoms with Gasteiger partial charge in [0, 0.05) is 23.1 Å². The summed E-state index contributed by atoms with van der Waals surface area (Å²) in [5.74, 6) is -2.64. The van der Waals surface area contributed by atoms with Crippen LogP contribution in [0.15, 0.2) is 66.7 Å². The van der Waals surface area contributed by atoms with Gasteiger partial charge in [0.2, 0.25) is 0 Å². The van der Waals surface area contributed by atoms with Gasteiger partial charge in [0.1, 0.15) is 11.7 Å². The molecule has 0 aromatic heterocycles. The summed E-state index contributed by atoms with van der Waals surface area (Å²) < 4.78 is 5.86. The monoisotopic (exact) mass is 645 g/mol. The van der Waals surface area contributed by atoms with Crippen LogP contribution in [-0.4, -0.2) is 39.8 Å². The van der Waals surface area contributed by atoms with Gasteiger partial charge >= 0.3 is 11.9 Å². The topological polar surface area (TPSA) is 130 Å². The Labute approximate surface area is 279 Å². The number of phenolic OH excluding ortho intramolecular Hbond substituents is 1. The molecule has 3 N–H and O–H groups in total. The van der Waals surface area contributed by atoms with Crippen molar-refractivity contribution in [2.45, 2.75) is 71.3 Å². The van der Waals surface area contributed by atoms with Gasteiger partial charge in [0.05, 0.1) is 17.3 Å². The molecule has 0 bridgehead atoms. The Morgan fingerprint density at radius 3 is 2.06 bits per heavy atom. The van der Waals surface area contributed by atoms with Crippen molar-refractivity contribution in [3.8, 4) is 11.5 Å². The van der Waals surface area contributed by atoms with Gasteiger partial charge in [0.15, 0.2) is 17.3 Å². The predicted octanol–water partition coefficient (Wildman–Crippen LogP) is 7.88. The number of aromatic carboxylic acids is 1. The number of carboxylic acid groups (broad SMARTS) is 1. The Hall–Kier alpha value is -5.24. The van der Waals surface area contributed by atoms with Gasteiger partial charge < -0.3 is 20.3 Å². The minimum absolute atomic E-state index is 0.0960. The maximum atomic E-state index is 13.6. The molecular weight excluding hydrogens is 606 g/mol. The van der Waals surface area contributed by atoms with Gasteiger partial charge in [-0.2, -0.15) is 0 Å². The average Bonchev–Trinajstić information content (AvgIpc) is 3.26. The molecule has 4 aromatic rings. The quantitative estimate of drug-likeness (QED) is 0.110. The maximum absolute atomic E-state index is 13.6. The molecule has 2 atom stereocenters. The largest absolute Gasteiger partial charge is 0.507 e. The first-order valence-corrected chi connectivity index (χ1v) is 16.1. The molecule has 1 heterocycles.